The molecular formula is C26H26N2OS2. The molecule has 31 heavy (non-hydrogen) atoms. The molecule has 6 rings (SSSR count). The lowest BCUT2D eigenvalue weighted by Gasteiger charge is -2.18. The van der Waals surface area contributed by atoms with Crippen LogP contribution in [0.3, 0.4) is 0 Å². The lowest BCUT2D eigenvalue weighted by atomic mass is 9.97. The molecule has 0 unspecified atom stereocenters. The zero-order chi connectivity index (χ0) is 20.8. The first-order chi connectivity index (χ1) is 15.3. The van der Waals surface area contributed by atoms with Crippen LogP contribution in [0.15, 0.2) is 52.4 Å². The Bertz CT molecular complexity index is 1330. The van der Waals surface area contributed by atoms with Crippen molar-refractivity contribution in [3.63, 3.8) is 0 Å². The number of thioether (sulfide) groups is 1. The Morgan fingerprint density at radius 3 is 2.71 bits per heavy atom. The standard InChI is InChI=1S/C26H26N2OS2/c29-25-23-21-14-5-6-15-22(21)31-24(23)27-26(28(25)19-11-2-3-12-19)30-16-18-10-7-9-17-8-1-4-13-20(17)18/h1,4,7-10,13,19H,2-3,5-6,11-12,14-16H2. The SMILES string of the molecule is O=c1c2c3c(sc2nc(SCc2cccc4ccccc24)n1C1CCCC1)CCCC3. The number of rotatable bonds is 4. The van der Waals surface area contributed by atoms with Gasteiger partial charge in [0.05, 0.1) is 5.39 Å². The Morgan fingerprint density at radius 1 is 1.00 bits per heavy atom. The summed E-state index contributed by atoms with van der Waals surface area (Å²) >= 11 is 3.50. The number of hydrogen-bond donors (Lipinski definition) is 0. The molecule has 158 valence electrons. The van der Waals surface area contributed by atoms with Crippen LogP contribution in [0.2, 0.25) is 0 Å². The van der Waals surface area contributed by atoms with Crippen molar-refractivity contribution in [1.29, 1.82) is 0 Å². The molecule has 3 nitrogen and oxygen atoms in total. The van der Waals surface area contributed by atoms with E-state index >= 15 is 0 Å². The molecule has 0 radical (unpaired) electrons. The van der Waals surface area contributed by atoms with Gasteiger partial charge in [-0.1, -0.05) is 67.1 Å². The lowest BCUT2D eigenvalue weighted by Crippen LogP contribution is -2.26. The van der Waals surface area contributed by atoms with E-state index in [1.807, 2.05) is 0 Å². The van der Waals surface area contributed by atoms with Gasteiger partial charge in [-0.15, -0.1) is 11.3 Å². The topological polar surface area (TPSA) is 34.9 Å². The molecule has 4 aromatic rings. The van der Waals surface area contributed by atoms with Gasteiger partial charge in [0.25, 0.3) is 5.56 Å². The number of aryl methyl sites for hydroxylation is 2. The first-order valence-corrected chi connectivity index (χ1v) is 13.3. The van der Waals surface area contributed by atoms with Gasteiger partial charge in [0.2, 0.25) is 0 Å². The first-order valence-electron chi connectivity index (χ1n) is 11.5. The Hall–Kier alpha value is -2.11. The summed E-state index contributed by atoms with van der Waals surface area (Å²) in [5, 5.41) is 4.40. The second kappa shape index (κ2) is 8.10. The normalized spacial score (nSPS) is 16.9. The molecule has 0 amide bonds. The van der Waals surface area contributed by atoms with Crippen molar-refractivity contribution in [2.24, 2.45) is 0 Å². The lowest BCUT2D eigenvalue weighted by molar-refractivity contribution is 0.457. The molecule has 0 saturated heterocycles. The van der Waals surface area contributed by atoms with Crippen molar-refractivity contribution in [2.45, 2.75) is 68.3 Å². The van der Waals surface area contributed by atoms with E-state index in [1.165, 1.54) is 52.5 Å². The molecule has 0 spiro atoms. The summed E-state index contributed by atoms with van der Waals surface area (Å²) in [7, 11) is 0. The summed E-state index contributed by atoms with van der Waals surface area (Å²) in [6.45, 7) is 0. The third-order valence-electron chi connectivity index (χ3n) is 6.92. The number of nitrogens with zero attached hydrogens (tertiary/aromatic N) is 2. The summed E-state index contributed by atoms with van der Waals surface area (Å²) in [6, 6.07) is 15.4. The number of aromatic nitrogens is 2. The van der Waals surface area contributed by atoms with Crippen LogP contribution in [0.1, 0.15) is 60.6 Å². The minimum Gasteiger partial charge on any atom is -0.284 e. The van der Waals surface area contributed by atoms with Crippen LogP contribution in [0.4, 0.5) is 0 Å². The van der Waals surface area contributed by atoms with E-state index in [2.05, 4.69) is 47.0 Å². The van der Waals surface area contributed by atoms with Gasteiger partial charge in [0, 0.05) is 16.7 Å². The van der Waals surface area contributed by atoms with E-state index in [0.29, 0.717) is 6.04 Å². The summed E-state index contributed by atoms with van der Waals surface area (Å²) < 4.78 is 2.08. The third kappa shape index (κ3) is 3.42. The molecule has 2 heterocycles. The van der Waals surface area contributed by atoms with Crippen LogP contribution in [0, 0.1) is 0 Å². The maximum atomic E-state index is 13.8. The first kappa shape index (κ1) is 19.6. The minimum atomic E-state index is 0.219. The molecule has 0 N–H and O–H groups in total. The van der Waals surface area contributed by atoms with E-state index in [4.69, 9.17) is 4.98 Å². The van der Waals surface area contributed by atoms with Crippen molar-refractivity contribution >= 4 is 44.1 Å². The molecule has 0 aliphatic heterocycles. The van der Waals surface area contributed by atoms with E-state index in [1.54, 1.807) is 23.1 Å². The highest BCUT2D eigenvalue weighted by Gasteiger charge is 2.27. The van der Waals surface area contributed by atoms with Gasteiger partial charge in [-0.2, -0.15) is 0 Å². The van der Waals surface area contributed by atoms with Crippen LogP contribution in [0.5, 0.6) is 0 Å². The summed E-state index contributed by atoms with van der Waals surface area (Å²) in [5.74, 6) is 0.830. The Morgan fingerprint density at radius 2 is 1.81 bits per heavy atom. The molecule has 2 aliphatic rings. The predicted molar refractivity (Wildman–Crippen MR) is 132 cm³/mol. The van der Waals surface area contributed by atoms with E-state index in [-0.39, 0.29) is 5.56 Å². The molecule has 2 aromatic heterocycles. The van der Waals surface area contributed by atoms with Crippen molar-refractivity contribution in [3.8, 4) is 0 Å². The highest BCUT2D eigenvalue weighted by molar-refractivity contribution is 7.98. The molecule has 1 fully saturated rings. The predicted octanol–water partition coefficient (Wildman–Crippen LogP) is 6.90. The number of benzene rings is 2. The Labute approximate surface area is 190 Å². The van der Waals surface area contributed by atoms with Crippen LogP contribution in [0.25, 0.3) is 21.0 Å². The summed E-state index contributed by atoms with van der Waals surface area (Å²) in [6.07, 6.45) is 9.20. The quantitative estimate of drug-likeness (QED) is 0.253. The van der Waals surface area contributed by atoms with Gasteiger partial charge in [-0.05, 0) is 60.4 Å². The van der Waals surface area contributed by atoms with E-state index in [0.717, 1.165) is 46.8 Å². The molecule has 1 saturated carbocycles. The van der Waals surface area contributed by atoms with Crippen molar-refractivity contribution in [3.05, 3.63) is 68.8 Å². The fourth-order valence-electron chi connectivity index (χ4n) is 5.35. The van der Waals surface area contributed by atoms with Gasteiger partial charge in [0.1, 0.15) is 4.83 Å². The third-order valence-corrected chi connectivity index (χ3v) is 9.10. The van der Waals surface area contributed by atoms with E-state index in [9.17, 15) is 4.79 Å². The van der Waals surface area contributed by atoms with Crippen LogP contribution in [-0.4, -0.2) is 9.55 Å². The van der Waals surface area contributed by atoms with Crippen LogP contribution < -0.4 is 5.56 Å². The van der Waals surface area contributed by atoms with Crippen LogP contribution in [-0.2, 0) is 18.6 Å². The van der Waals surface area contributed by atoms with Gasteiger partial charge in [-0.3, -0.25) is 9.36 Å². The van der Waals surface area contributed by atoms with Gasteiger partial charge < -0.3 is 0 Å². The number of fused-ring (bicyclic) bond motifs is 4. The molecular weight excluding hydrogens is 420 g/mol. The minimum absolute atomic E-state index is 0.219. The Balaban J connectivity index is 1.45. The number of thiophene rings is 1. The smallest absolute Gasteiger partial charge is 0.263 e. The van der Waals surface area contributed by atoms with Gasteiger partial charge in [-0.25, -0.2) is 4.98 Å². The highest BCUT2D eigenvalue weighted by atomic mass is 32.2. The average molecular weight is 447 g/mol. The zero-order valence-corrected chi connectivity index (χ0v) is 19.2. The fourth-order valence-corrected chi connectivity index (χ4v) is 7.72. The molecule has 0 atom stereocenters. The zero-order valence-electron chi connectivity index (χ0n) is 17.6. The van der Waals surface area contributed by atoms with E-state index < -0.39 is 0 Å². The second-order valence-electron chi connectivity index (χ2n) is 8.83. The second-order valence-corrected chi connectivity index (χ2v) is 10.9. The maximum absolute atomic E-state index is 13.8. The van der Waals surface area contributed by atoms with Crippen LogP contribution >= 0.6 is 23.1 Å². The van der Waals surface area contributed by atoms with Crippen molar-refractivity contribution in [1.82, 2.24) is 9.55 Å². The van der Waals surface area contributed by atoms with Crippen molar-refractivity contribution < 1.29 is 0 Å². The monoisotopic (exact) mass is 446 g/mol. The van der Waals surface area contributed by atoms with Gasteiger partial charge >= 0.3 is 0 Å². The largest absolute Gasteiger partial charge is 0.284 e. The van der Waals surface area contributed by atoms with Gasteiger partial charge in [0.15, 0.2) is 5.16 Å². The average Bonchev–Trinajstić information content (AvgIpc) is 3.45. The Kier molecular flexibility index (Phi) is 5.11. The molecule has 2 aromatic carbocycles. The molecule has 0 bridgehead atoms. The molecule has 2 aliphatic carbocycles. The summed E-state index contributed by atoms with van der Waals surface area (Å²) in [4.78, 5) is 21.3. The maximum Gasteiger partial charge on any atom is 0.263 e. The number of hydrogen-bond acceptors (Lipinski definition) is 4. The summed E-state index contributed by atoms with van der Waals surface area (Å²) in [5.41, 5.74) is 2.83. The van der Waals surface area contributed by atoms with Crippen molar-refractivity contribution in [2.75, 3.05) is 0 Å². The highest BCUT2D eigenvalue weighted by Crippen LogP contribution is 2.38. The fraction of sp³-hybridized carbons (Fsp3) is 0.385. The molecule has 5 heteroatoms.